The lowest BCUT2D eigenvalue weighted by Crippen LogP contribution is -2.43. The molecule has 1 aliphatic heterocycles. The second-order valence-electron chi connectivity index (χ2n) is 5.74. The van der Waals surface area contributed by atoms with E-state index in [0.717, 1.165) is 6.42 Å². The molecule has 0 aromatic heterocycles. The first-order valence-corrected chi connectivity index (χ1v) is 7.69. The third-order valence-corrected chi connectivity index (χ3v) is 4.49. The molecule has 2 atom stereocenters. The van der Waals surface area contributed by atoms with Crippen LogP contribution in [0.3, 0.4) is 0 Å². The number of carbonyl (C=O) groups is 1. The lowest BCUT2D eigenvalue weighted by atomic mass is 9.97. The van der Waals surface area contributed by atoms with E-state index in [2.05, 4.69) is 51.2 Å². The van der Waals surface area contributed by atoms with Crippen LogP contribution < -0.4 is 0 Å². The summed E-state index contributed by atoms with van der Waals surface area (Å²) in [6.45, 7) is 4.82. The van der Waals surface area contributed by atoms with Gasteiger partial charge in [-0.2, -0.15) is 25.3 Å². The Labute approximate surface area is 126 Å². The minimum Gasteiger partial charge on any atom is -0.334 e. The van der Waals surface area contributed by atoms with E-state index < -0.39 is 0 Å². The minimum absolute atomic E-state index is 0.0310. The standard InChI is InChI=1S/C15H21NOS2/c1-15(2,19)13-8-12(10-18)14(17)16(13)9-11-6-4-3-5-7-11/h3-7,12-13,18-19H,8-10H2,1-2H3/t12-,13+/m1/s1. The van der Waals surface area contributed by atoms with Crippen LogP contribution in [-0.2, 0) is 11.3 Å². The molecule has 1 aromatic rings. The van der Waals surface area contributed by atoms with Crippen molar-refractivity contribution in [3.05, 3.63) is 35.9 Å². The van der Waals surface area contributed by atoms with Gasteiger partial charge in [-0.05, 0) is 25.8 Å². The largest absolute Gasteiger partial charge is 0.334 e. The van der Waals surface area contributed by atoms with Crippen LogP contribution in [0.4, 0.5) is 0 Å². The van der Waals surface area contributed by atoms with E-state index in [9.17, 15) is 4.79 Å². The maximum absolute atomic E-state index is 12.4. The van der Waals surface area contributed by atoms with Gasteiger partial charge in [0.15, 0.2) is 0 Å². The van der Waals surface area contributed by atoms with E-state index in [1.54, 1.807) is 0 Å². The number of hydrogen-bond acceptors (Lipinski definition) is 3. The van der Waals surface area contributed by atoms with Crippen molar-refractivity contribution in [1.82, 2.24) is 4.90 Å². The zero-order valence-corrected chi connectivity index (χ0v) is 13.2. The molecule has 1 fully saturated rings. The van der Waals surface area contributed by atoms with Crippen molar-refractivity contribution in [3.8, 4) is 0 Å². The highest BCUT2D eigenvalue weighted by Gasteiger charge is 2.44. The van der Waals surface area contributed by atoms with Gasteiger partial charge in [0, 0.05) is 29.0 Å². The van der Waals surface area contributed by atoms with Crippen LogP contribution in [0.2, 0.25) is 0 Å². The van der Waals surface area contributed by atoms with Gasteiger partial charge < -0.3 is 4.90 Å². The number of likely N-dealkylation sites (tertiary alicyclic amines) is 1. The van der Waals surface area contributed by atoms with Crippen LogP contribution >= 0.6 is 25.3 Å². The van der Waals surface area contributed by atoms with Crippen LogP contribution in [0.25, 0.3) is 0 Å². The number of thiol groups is 2. The van der Waals surface area contributed by atoms with Gasteiger partial charge in [0.05, 0.1) is 0 Å². The Hall–Kier alpha value is -0.610. The fourth-order valence-corrected chi connectivity index (χ4v) is 3.23. The molecule has 4 heteroatoms. The fraction of sp³-hybridized carbons (Fsp3) is 0.533. The molecule has 0 saturated carbocycles. The van der Waals surface area contributed by atoms with Crippen molar-refractivity contribution in [2.75, 3.05) is 5.75 Å². The van der Waals surface area contributed by atoms with Crippen molar-refractivity contribution in [2.45, 2.75) is 37.6 Å². The molecule has 0 unspecified atom stereocenters. The highest BCUT2D eigenvalue weighted by atomic mass is 32.1. The minimum atomic E-state index is -0.192. The second kappa shape index (κ2) is 5.80. The van der Waals surface area contributed by atoms with E-state index in [4.69, 9.17) is 0 Å². The SMILES string of the molecule is CC(C)(S)[C@@H]1C[C@H](CS)C(=O)N1Cc1ccccc1. The van der Waals surface area contributed by atoms with Crippen LogP contribution in [0, 0.1) is 5.92 Å². The van der Waals surface area contributed by atoms with Crippen LogP contribution in [0.1, 0.15) is 25.8 Å². The Kier molecular flexibility index (Phi) is 4.51. The first kappa shape index (κ1) is 14.8. The molecule has 2 nitrogen and oxygen atoms in total. The summed E-state index contributed by atoms with van der Waals surface area (Å²) in [6.07, 6.45) is 0.853. The predicted octanol–water partition coefficient (Wildman–Crippen LogP) is 3.04. The summed E-state index contributed by atoms with van der Waals surface area (Å²) >= 11 is 8.98. The third kappa shape index (κ3) is 3.29. The van der Waals surface area contributed by atoms with E-state index >= 15 is 0 Å². The summed E-state index contributed by atoms with van der Waals surface area (Å²) in [4.78, 5) is 14.4. The van der Waals surface area contributed by atoms with E-state index in [-0.39, 0.29) is 22.6 Å². The smallest absolute Gasteiger partial charge is 0.227 e. The van der Waals surface area contributed by atoms with Gasteiger partial charge in [0.1, 0.15) is 0 Å². The molecule has 1 aliphatic rings. The average Bonchev–Trinajstić information content (AvgIpc) is 2.68. The second-order valence-corrected chi connectivity index (χ2v) is 7.25. The van der Waals surface area contributed by atoms with E-state index in [0.29, 0.717) is 12.3 Å². The Morgan fingerprint density at radius 3 is 2.47 bits per heavy atom. The average molecular weight is 295 g/mol. The summed E-state index contributed by atoms with van der Waals surface area (Å²) in [5, 5.41) is 0. The monoisotopic (exact) mass is 295 g/mol. The molecule has 19 heavy (non-hydrogen) atoms. The van der Waals surface area contributed by atoms with Gasteiger partial charge in [0.2, 0.25) is 5.91 Å². The van der Waals surface area contributed by atoms with Crippen molar-refractivity contribution in [1.29, 1.82) is 0 Å². The Morgan fingerprint density at radius 2 is 1.95 bits per heavy atom. The number of benzene rings is 1. The van der Waals surface area contributed by atoms with Crippen LogP contribution in [0.15, 0.2) is 30.3 Å². The molecule has 0 bridgehead atoms. The number of amides is 1. The highest BCUT2D eigenvalue weighted by molar-refractivity contribution is 7.81. The normalized spacial score (nSPS) is 24.0. The lowest BCUT2D eigenvalue weighted by Gasteiger charge is -2.34. The highest BCUT2D eigenvalue weighted by Crippen LogP contribution is 2.36. The van der Waals surface area contributed by atoms with Crippen molar-refractivity contribution in [2.24, 2.45) is 5.92 Å². The molecular formula is C15H21NOS2. The van der Waals surface area contributed by atoms with Gasteiger partial charge in [-0.25, -0.2) is 0 Å². The zero-order chi connectivity index (χ0) is 14.0. The van der Waals surface area contributed by atoms with Gasteiger partial charge in [0.25, 0.3) is 0 Å². The number of rotatable bonds is 4. The quantitative estimate of drug-likeness (QED) is 0.818. The van der Waals surface area contributed by atoms with E-state index in [1.807, 2.05) is 23.1 Å². The van der Waals surface area contributed by atoms with Crippen molar-refractivity contribution < 1.29 is 4.79 Å². The number of hydrogen-bond donors (Lipinski definition) is 2. The van der Waals surface area contributed by atoms with Gasteiger partial charge in [-0.3, -0.25) is 4.79 Å². The van der Waals surface area contributed by atoms with Gasteiger partial charge >= 0.3 is 0 Å². The lowest BCUT2D eigenvalue weighted by molar-refractivity contribution is -0.132. The molecule has 0 N–H and O–H groups in total. The molecular weight excluding hydrogens is 274 g/mol. The molecule has 0 radical (unpaired) electrons. The Bertz CT molecular complexity index is 441. The maximum atomic E-state index is 12.4. The molecule has 2 rings (SSSR count). The van der Waals surface area contributed by atoms with Crippen LogP contribution in [0.5, 0.6) is 0 Å². The molecule has 0 spiro atoms. The molecule has 1 saturated heterocycles. The van der Waals surface area contributed by atoms with E-state index in [1.165, 1.54) is 5.56 Å². The number of carbonyl (C=O) groups excluding carboxylic acids is 1. The maximum Gasteiger partial charge on any atom is 0.227 e. The summed E-state index contributed by atoms with van der Waals surface area (Å²) in [7, 11) is 0. The summed E-state index contributed by atoms with van der Waals surface area (Å²) < 4.78 is -0.192. The topological polar surface area (TPSA) is 20.3 Å². The first-order valence-electron chi connectivity index (χ1n) is 6.61. The third-order valence-electron chi connectivity index (χ3n) is 3.75. The summed E-state index contributed by atoms with van der Waals surface area (Å²) in [5.41, 5.74) is 1.17. The van der Waals surface area contributed by atoms with Crippen molar-refractivity contribution >= 4 is 31.2 Å². The van der Waals surface area contributed by atoms with Gasteiger partial charge in [-0.15, -0.1) is 0 Å². The zero-order valence-electron chi connectivity index (χ0n) is 11.4. The molecule has 1 aromatic carbocycles. The van der Waals surface area contributed by atoms with Crippen LogP contribution in [-0.4, -0.2) is 27.3 Å². The first-order chi connectivity index (χ1) is 8.93. The molecule has 0 aliphatic carbocycles. The summed E-state index contributed by atoms with van der Waals surface area (Å²) in [5.74, 6) is 0.860. The predicted molar refractivity (Wildman–Crippen MR) is 85.8 cm³/mol. The Balaban J connectivity index is 2.22. The Morgan fingerprint density at radius 1 is 1.32 bits per heavy atom. The number of nitrogens with zero attached hydrogens (tertiary/aromatic N) is 1. The fourth-order valence-electron chi connectivity index (χ4n) is 2.68. The van der Waals surface area contributed by atoms with Gasteiger partial charge in [-0.1, -0.05) is 30.3 Å². The molecule has 1 amide bonds. The molecule has 1 heterocycles. The van der Waals surface area contributed by atoms with Crippen molar-refractivity contribution in [3.63, 3.8) is 0 Å². The summed E-state index contributed by atoms with van der Waals surface area (Å²) in [6, 6.07) is 10.3. The molecule has 104 valence electrons.